The van der Waals surface area contributed by atoms with Crippen molar-refractivity contribution in [1.29, 1.82) is 0 Å². The van der Waals surface area contributed by atoms with Gasteiger partial charge >= 0.3 is 0 Å². The van der Waals surface area contributed by atoms with E-state index in [-0.39, 0.29) is 11.7 Å². The Morgan fingerprint density at radius 3 is 2.53 bits per heavy atom. The second kappa shape index (κ2) is 5.27. The van der Waals surface area contributed by atoms with Gasteiger partial charge in [0, 0.05) is 12.7 Å². The van der Waals surface area contributed by atoms with Crippen LogP contribution in [0.1, 0.15) is 32.4 Å². The Labute approximate surface area is 101 Å². The molecular formula is C13H18FNO2. The largest absolute Gasteiger partial charge is 0.369 e. The van der Waals surface area contributed by atoms with E-state index in [4.69, 9.17) is 4.74 Å². The minimum atomic E-state index is -0.917. The van der Waals surface area contributed by atoms with Crippen LogP contribution in [0.4, 0.5) is 4.39 Å². The zero-order chi connectivity index (χ0) is 13.1. The number of hydrogen-bond donors (Lipinski definition) is 1. The smallest absolute Gasteiger partial charge is 0.252 e. The number of amides is 1. The van der Waals surface area contributed by atoms with Crippen molar-refractivity contribution in [2.24, 2.45) is 0 Å². The molecule has 1 amide bonds. The third-order valence-corrected chi connectivity index (χ3v) is 2.78. The summed E-state index contributed by atoms with van der Waals surface area (Å²) in [4.78, 5) is 11.8. The van der Waals surface area contributed by atoms with Crippen LogP contribution in [0.15, 0.2) is 24.3 Å². The summed E-state index contributed by atoms with van der Waals surface area (Å²) in [7, 11) is 1.47. The predicted molar refractivity (Wildman–Crippen MR) is 64.0 cm³/mol. The van der Waals surface area contributed by atoms with Crippen LogP contribution in [0.25, 0.3) is 0 Å². The summed E-state index contributed by atoms with van der Waals surface area (Å²) in [5, 5.41) is 2.72. The molecule has 0 bridgehead atoms. The standard InChI is InChI=1S/C13H18FNO2/c1-9(10-7-5-6-8-11(10)14)15-12(16)13(2,3)17-4/h5-9H,1-4H3,(H,15,16)/t9-/m1/s1. The Kier molecular flexibility index (Phi) is 4.23. The van der Waals surface area contributed by atoms with E-state index >= 15 is 0 Å². The molecule has 1 rings (SSSR count). The Bertz CT molecular complexity index is 404. The average Bonchev–Trinajstić information content (AvgIpc) is 2.29. The average molecular weight is 239 g/mol. The number of benzene rings is 1. The molecule has 1 atom stereocenters. The molecule has 0 aromatic heterocycles. The van der Waals surface area contributed by atoms with Crippen molar-refractivity contribution < 1.29 is 13.9 Å². The van der Waals surface area contributed by atoms with Gasteiger partial charge in [0.2, 0.25) is 0 Å². The predicted octanol–water partition coefficient (Wildman–Crippen LogP) is 2.43. The topological polar surface area (TPSA) is 38.3 Å². The maximum atomic E-state index is 13.5. The number of rotatable bonds is 4. The van der Waals surface area contributed by atoms with Crippen LogP contribution in [0.5, 0.6) is 0 Å². The SMILES string of the molecule is COC(C)(C)C(=O)N[C@H](C)c1ccccc1F. The molecule has 4 heteroatoms. The van der Waals surface area contributed by atoms with Crippen LogP contribution >= 0.6 is 0 Å². The van der Waals surface area contributed by atoms with Gasteiger partial charge in [0.05, 0.1) is 6.04 Å². The van der Waals surface area contributed by atoms with Crippen molar-refractivity contribution in [3.05, 3.63) is 35.6 Å². The summed E-state index contributed by atoms with van der Waals surface area (Å²) in [5.41, 5.74) is -0.452. The van der Waals surface area contributed by atoms with Gasteiger partial charge in [-0.25, -0.2) is 4.39 Å². The van der Waals surface area contributed by atoms with Gasteiger partial charge in [-0.2, -0.15) is 0 Å². The molecule has 0 aliphatic carbocycles. The molecule has 1 N–H and O–H groups in total. The molecule has 0 radical (unpaired) electrons. The molecule has 0 fully saturated rings. The van der Waals surface area contributed by atoms with Gasteiger partial charge < -0.3 is 10.1 Å². The summed E-state index contributed by atoms with van der Waals surface area (Å²) in [6.07, 6.45) is 0. The zero-order valence-electron chi connectivity index (χ0n) is 10.6. The normalized spacial score (nSPS) is 13.2. The zero-order valence-corrected chi connectivity index (χ0v) is 10.6. The molecule has 0 unspecified atom stereocenters. The number of ether oxygens (including phenoxy) is 1. The van der Waals surface area contributed by atoms with E-state index < -0.39 is 11.6 Å². The van der Waals surface area contributed by atoms with Crippen LogP contribution in [0.3, 0.4) is 0 Å². The molecule has 0 aliphatic heterocycles. The Morgan fingerprint density at radius 1 is 1.41 bits per heavy atom. The fourth-order valence-corrected chi connectivity index (χ4v) is 1.37. The second-order valence-electron chi connectivity index (χ2n) is 4.43. The number of nitrogens with one attached hydrogen (secondary N) is 1. The van der Waals surface area contributed by atoms with Crippen molar-refractivity contribution in [1.82, 2.24) is 5.32 Å². The minimum absolute atomic E-state index is 0.268. The van der Waals surface area contributed by atoms with Gasteiger partial charge in [-0.1, -0.05) is 18.2 Å². The number of halogens is 1. The molecule has 0 heterocycles. The molecule has 3 nitrogen and oxygen atoms in total. The van der Waals surface area contributed by atoms with Gasteiger partial charge in [0.15, 0.2) is 0 Å². The van der Waals surface area contributed by atoms with Gasteiger partial charge in [-0.3, -0.25) is 4.79 Å². The minimum Gasteiger partial charge on any atom is -0.369 e. The highest BCUT2D eigenvalue weighted by atomic mass is 19.1. The van der Waals surface area contributed by atoms with Crippen LogP contribution in [-0.4, -0.2) is 18.6 Å². The monoisotopic (exact) mass is 239 g/mol. The van der Waals surface area contributed by atoms with E-state index in [1.54, 1.807) is 39.0 Å². The van der Waals surface area contributed by atoms with E-state index in [0.29, 0.717) is 5.56 Å². The lowest BCUT2D eigenvalue weighted by Crippen LogP contribution is -2.44. The van der Waals surface area contributed by atoms with Gasteiger partial charge in [-0.15, -0.1) is 0 Å². The lowest BCUT2D eigenvalue weighted by Gasteiger charge is -2.24. The third kappa shape index (κ3) is 3.27. The summed E-state index contributed by atoms with van der Waals surface area (Å²) in [6.45, 7) is 5.06. The first-order valence-electron chi connectivity index (χ1n) is 5.49. The molecule has 0 saturated carbocycles. The van der Waals surface area contributed by atoms with Crippen molar-refractivity contribution in [2.45, 2.75) is 32.4 Å². The van der Waals surface area contributed by atoms with E-state index in [1.165, 1.54) is 13.2 Å². The van der Waals surface area contributed by atoms with Crippen molar-refractivity contribution in [2.75, 3.05) is 7.11 Å². The van der Waals surface area contributed by atoms with Gasteiger partial charge in [0.25, 0.3) is 5.91 Å². The van der Waals surface area contributed by atoms with Gasteiger partial charge in [-0.05, 0) is 26.8 Å². The quantitative estimate of drug-likeness (QED) is 0.876. The maximum Gasteiger partial charge on any atom is 0.252 e. The van der Waals surface area contributed by atoms with E-state index in [1.807, 2.05) is 0 Å². The lowest BCUT2D eigenvalue weighted by molar-refractivity contribution is -0.140. The van der Waals surface area contributed by atoms with E-state index in [0.717, 1.165) is 0 Å². The Morgan fingerprint density at radius 2 is 2.00 bits per heavy atom. The van der Waals surface area contributed by atoms with Crippen molar-refractivity contribution >= 4 is 5.91 Å². The van der Waals surface area contributed by atoms with Crippen LogP contribution in [-0.2, 0) is 9.53 Å². The van der Waals surface area contributed by atoms with E-state index in [2.05, 4.69) is 5.32 Å². The lowest BCUT2D eigenvalue weighted by atomic mass is 10.0. The Balaban J connectivity index is 2.77. The Hall–Kier alpha value is -1.42. The summed E-state index contributed by atoms with van der Waals surface area (Å²) >= 11 is 0. The number of methoxy groups -OCH3 is 1. The van der Waals surface area contributed by atoms with Crippen molar-refractivity contribution in [3.63, 3.8) is 0 Å². The maximum absolute atomic E-state index is 13.5. The van der Waals surface area contributed by atoms with Crippen LogP contribution in [0, 0.1) is 5.82 Å². The molecule has 0 spiro atoms. The van der Waals surface area contributed by atoms with Crippen LogP contribution < -0.4 is 5.32 Å². The van der Waals surface area contributed by atoms with Crippen LogP contribution in [0.2, 0.25) is 0 Å². The van der Waals surface area contributed by atoms with E-state index in [9.17, 15) is 9.18 Å². The number of hydrogen-bond acceptors (Lipinski definition) is 2. The summed E-state index contributed by atoms with van der Waals surface area (Å²) in [5.74, 6) is -0.591. The fourth-order valence-electron chi connectivity index (χ4n) is 1.37. The highest BCUT2D eigenvalue weighted by Crippen LogP contribution is 2.17. The fraction of sp³-hybridized carbons (Fsp3) is 0.462. The first kappa shape index (κ1) is 13.6. The highest BCUT2D eigenvalue weighted by molar-refractivity contribution is 5.84. The van der Waals surface area contributed by atoms with Gasteiger partial charge in [0.1, 0.15) is 11.4 Å². The summed E-state index contributed by atoms with van der Waals surface area (Å²) < 4.78 is 18.5. The molecule has 94 valence electrons. The molecule has 0 saturated heterocycles. The molecule has 1 aromatic rings. The van der Waals surface area contributed by atoms with Crippen molar-refractivity contribution in [3.8, 4) is 0 Å². The first-order valence-corrected chi connectivity index (χ1v) is 5.49. The molecule has 0 aliphatic rings. The first-order chi connectivity index (χ1) is 7.88. The third-order valence-electron chi connectivity index (χ3n) is 2.78. The summed E-state index contributed by atoms with van der Waals surface area (Å²) in [6, 6.07) is 5.99. The molecule has 17 heavy (non-hydrogen) atoms. The molecule has 1 aromatic carbocycles. The molecular weight excluding hydrogens is 221 g/mol. The number of carbonyl (C=O) groups excluding carboxylic acids is 1. The number of carbonyl (C=O) groups is 1. The second-order valence-corrected chi connectivity index (χ2v) is 4.43. The highest BCUT2D eigenvalue weighted by Gasteiger charge is 2.28.